The van der Waals surface area contributed by atoms with Gasteiger partial charge < -0.3 is 5.11 Å². The Kier molecular flexibility index (Phi) is 4.90. The molecule has 0 fully saturated rings. The van der Waals surface area contributed by atoms with Crippen molar-refractivity contribution in [2.75, 3.05) is 11.5 Å². The summed E-state index contributed by atoms with van der Waals surface area (Å²) in [6, 6.07) is 7.90. The molecule has 0 heterocycles. The predicted octanol–water partition coefficient (Wildman–Crippen LogP) is 2.98. The summed E-state index contributed by atoms with van der Waals surface area (Å²) >= 11 is 3.11. The van der Waals surface area contributed by atoms with Crippen molar-refractivity contribution >= 4 is 29.5 Å². The zero-order valence-corrected chi connectivity index (χ0v) is 9.53. The molecule has 0 saturated carbocycles. The Morgan fingerprint density at radius 3 is 2.36 bits per heavy atom. The lowest BCUT2D eigenvalue weighted by molar-refractivity contribution is -0.133. The molecule has 1 aromatic carbocycles. The molecule has 0 aliphatic heterocycles. The molecule has 76 valence electrons. The van der Waals surface area contributed by atoms with Crippen LogP contribution in [0.2, 0.25) is 0 Å². The number of hydrogen-bond acceptors (Lipinski definition) is 3. The highest BCUT2D eigenvalue weighted by atomic mass is 32.2. The van der Waals surface area contributed by atoms with Crippen LogP contribution in [0.1, 0.15) is 6.92 Å². The van der Waals surface area contributed by atoms with E-state index in [9.17, 15) is 4.79 Å². The Labute approximate surface area is 92.1 Å². The molecule has 4 heteroatoms. The van der Waals surface area contributed by atoms with Gasteiger partial charge in [0.15, 0.2) is 0 Å². The van der Waals surface area contributed by atoms with Gasteiger partial charge in [0.1, 0.15) is 0 Å². The second kappa shape index (κ2) is 5.98. The highest BCUT2D eigenvalue weighted by Gasteiger charge is 2.04. The van der Waals surface area contributed by atoms with Crippen LogP contribution in [0.25, 0.3) is 0 Å². The minimum absolute atomic E-state index is 0.126. The zero-order chi connectivity index (χ0) is 10.4. The first-order valence-corrected chi connectivity index (χ1v) is 6.27. The Bertz CT molecular complexity index is 313. The predicted molar refractivity (Wildman–Crippen MR) is 61.2 cm³/mol. The summed E-state index contributed by atoms with van der Waals surface area (Å²) < 4.78 is 0. The lowest BCUT2D eigenvalue weighted by Gasteiger charge is -2.05. The van der Waals surface area contributed by atoms with Crippen LogP contribution in [-0.4, -0.2) is 22.6 Å². The minimum atomic E-state index is -0.772. The molecule has 2 nitrogen and oxygen atoms in total. The molecule has 0 saturated heterocycles. The molecule has 1 N–H and O–H groups in total. The first kappa shape index (κ1) is 11.5. The molecule has 0 unspecified atom stereocenters. The van der Waals surface area contributed by atoms with E-state index in [0.717, 1.165) is 10.6 Å². The van der Waals surface area contributed by atoms with Crippen LogP contribution in [-0.2, 0) is 4.79 Å². The highest BCUT2D eigenvalue weighted by Crippen LogP contribution is 2.30. The number of hydrogen-bond donors (Lipinski definition) is 1. The van der Waals surface area contributed by atoms with Crippen LogP contribution in [0.4, 0.5) is 0 Å². The van der Waals surface area contributed by atoms with Gasteiger partial charge in [-0.05, 0) is 17.9 Å². The average molecular weight is 228 g/mol. The van der Waals surface area contributed by atoms with E-state index in [1.54, 1.807) is 11.8 Å². The smallest absolute Gasteiger partial charge is 0.313 e. The summed E-state index contributed by atoms with van der Waals surface area (Å²) in [4.78, 5) is 12.6. The number of aliphatic carboxylic acids is 1. The fourth-order valence-electron chi connectivity index (χ4n) is 0.984. The van der Waals surface area contributed by atoms with E-state index in [1.165, 1.54) is 16.7 Å². The van der Waals surface area contributed by atoms with E-state index in [4.69, 9.17) is 5.11 Å². The van der Waals surface area contributed by atoms with E-state index >= 15 is 0 Å². The van der Waals surface area contributed by atoms with Crippen molar-refractivity contribution in [2.24, 2.45) is 0 Å². The molecule has 0 aromatic heterocycles. The van der Waals surface area contributed by atoms with Crippen LogP contribution in [0.5, 0.6) is 0 Å². The van der Waals surface area contributed by atoms with Gasteiger partial charge in [0, 0.05) is 9.79 Å². The molecule has 1 rings (SSSR count). The van der Waals surface area contributed by atoms with Gasteiger partial charge in [0.2, 0.25) is 0 Å². The summed E-state index contributed by atoms with van der Waals surface area (Å²) in [5.41, 5.74) is 0. The fourth-order valence-corrected chi connectivity index (χ4v) is 2.70. The third-order valence-electron chi connectivity index (χ3n) is 1.50. The van der Waals surface area contributed by atoms with Gasteiger partial charge >= 0.3 is 5.97 Å². The number of benzene rings is 1. The molecule has 0 spiro atoms. The lowest BCUT2D eigenvalue weighted by Crippen LogP contribution is -1.97. The van der Waals surface area contributed by atoms with Gasteiger partial charge in [0.25, 0.3) is 0 Å². The van der Waals surface area contributed by atoms with Gasteiger partial charge in [-0.2, -0.15) is 0 Å². The Morgan fingerprint density at radius 1 is 1.29 bits per heavy atom. The summed E-state index contributed by atoms with van der Waals surface area (Å²) in [5, 5.41) is 8.57. The summed E-state index contributed by atoms with van der Waals surface area (Å²) in [6.45, 7) is 2.09. The van der Waals surface area contributed by atoms with Crippen molar-refractivity contribution in [1.29, 1.82) is 0 Å². The molecule has 0 radical (unpaired) electrons. The highest BCUT2D eigenvalue weighted by molar-refractivity contribution is 8.02. The molecular formula is C10H12O2S2. The maximum atomic E-state index is 10.4. The molecule has 14 heavy (non-hydrogen) atoms. The average Bonchev–Trinajstić information content (AvgIpc) is 2.17. The molecule has 1 aromatic rings. The molecule has 0 bridgehead atoms. The van der Waals surface area contributed by atoms with Crippen molar-refractivity contribution in [1.82, 2.24) is 0 Å². The first-order valence-electron chi connectivity index (χ1n) is 4.30. The van der Waals surface area contributed by atoms with Crippen LogP contribution in [0.3, 0.4) is 0 Å². The molecule has 0 aliphatic rings. The molecule has 0 atom stereocenters. The fraction of sp³-hybridized carbons (Fsp3) is 0.300. The largest absolute Gasteiger partial charge is 0.481 e. The van der Waals surface area contributed by atoms with Crippen molar-refractivity contribution < 1.29 is 9.90 Å². The third-order valence-corrected chi connectivity index (χ3v) is 3.64. The number of thioether (sulfide) groups is 2. The van der Waals surface area contributed by atoms with Crippen LogP contribution in [0, 0.1) is 0 Å². The number of rotatable bonds is 5. The number of carboxylic acids is 1. The third kappa shape index (κ3) is 3.64. The topological polar surface area (TPSA) is 37.3 Å². The number of carboxylic acid groups (broad SMARTS) is 1. The van der Waals surface area contributed by atoms with E-state index in [0.29, 0.717) is 0 Å². The van der Waals surface area contributed by atoms with Gasteiger partial charge in [-0.15, -0.1) is 23.5 Å². The Morgan fingerprint density at radius 2 is 1.86 bits per heavy atom. The van der Waals surface area contributed by atoms with Crippen LogP contribution < -0.4 is 0 Å². The van der Waals surface area contributed by atoms with E-state index in [-0.39, 0.29) is 5.75 Å². The zero-order valence-electron chi connectivity index (χ0n) is 7.90. The summed E-state index contributed by atoms with van der Waals surface area (Å²) in [5.74, 6) is 0.359. The van der Waals surface area contributed by atoms with Crippen molar-refractivity contribution in [3.05, 3.63) is 24.3 Å². The second-order valence-electron chi connectivity index (χ2n) is 2.56. The maximum absolute atomic E-state index is 10.4. The molecule has 0 amide bonds. The van der Waals surface area contributed by atoms with Gasteiger partial charge in [-0.3, -0.25) is 4.79 Å². The van der Waals surface area contributed by atoms with E-state index in [1.807, 2.05) is 24.3 Å². The SMILES string of the molecule is CCSc1ccccc1SCC(=O)O. The van der Waals surface area contributed by atoms with E-state index in [2.05, 4.69) is 6.92 Å². The normalized spacial score (nSPS) is 10.1. The molecule has 0 aliphatic carbocycles. The van der Waals surface area contributed by atoms with E-state index < -0.39 is 5.97 Å². The van der Waals surface area contributed by atoms with Crippen molar-refractivity contribution in [3.8, 4) is 0 Å². The van der Waals surface area contributed by atoms with Gasteiger partial charge in [0.05, 0.1) is 5.75 Å². The summed E-state index contributed by atoms with van der Waals surface area (Å²) in [6.07, 6.45) is 0. The van der Waals surface area contributed by atoms with Crippen LogP contribution in [0.15, 0.2) is 34.1 Å². The molecular weight excluding hydrogens is 216 g/mol. The maximum Gasteiger partial charge on any atom is 0.313 e. The number of carbonyl (C=O) groups is 1. The summed E-state index contributed by atoms with van der Waals surface area (Å²) in [7, 11) is 0. The lowest BCUT2D eigenvalue weighted by atomic mass is 10.4. The second-order valence-corrected chi connectivity index (χ2v) is 4.89. The standard InChI is InChI=1S/C10H12O2S2/c1-2-13-8-5-3-4-6-9(8)14-7-10(11)12/h3-6H,2,7H2,1H3,(H,11,12). The van der Waals surface area contributed by atoms with Gasteiger partial charge in [-0.1, -0.05) is 19.1 Å². The Hall–Kier alpha value is -0.610. The monoisotopic (exact) mass is 228 g/mol. The van der Waals surface area contributed by atoms with Crippen molar-refractivity contribution in [2.45, 2.75) is 16.7 Å². The Balaban J connectivity index is 2.68. The quantitative estimate of drug-likeness (QED) is 0.786. The minimum Gasteiger partial charge on any atom is -0.481 e. The first-order chi connectivity index (χ1) is 6.74. The van der Waals surface area contributed by atoms with Crippen LogP contribution >= 0.6 is 23.5 Å². The van der Waals surface area contributed by atoms with Crippen molar-refractivity contribution in [3.63, 3.8) is 0 Å². The van der Waals surface area contributed by atoms with Gasteiger partial charge in [-0.25, -0.2) is 0 Å².